The van der Waals surface area contributed by atoms with Crippen LogP contribution in [0.2, 0.25) is 4.34 Å². The summed E-state index contributed by atoms with van der Waals surface area (Å²) < 4.78 is 0.740. The van der Waals surface area contributed by atoms with Crippen LogP contribution in [0.15, 0.2) is 12.1 Å². The Balaban J connectivity index is 1.85. The second-order valence-electron chi connectivity index (χ2n) is 4.93. The summed E-state index contributed by atoms with van der Waals surface area (Å²) in [5, 5.41) is 4.19. The molecule has 0 unspecified atom stereocenters. The quantitative estimate of drug-likeness (QED) is 0.911. The van der Waals surface area contributed by atoms with Crippen molar-refractivity contribution in [3.63, 3.8) is 0 Å². The Bertz CT molecular complexity index is 644. The summed E-state index contributed by atoms with van der Waals surface area (Å²) in [5.74, 6) is 0.0996. The molecule has 4 nitrogen and oxygen atoms in total. The fraction of sp³-hybridized carbons (Fsp3) is 0.429. The fourth-order valence-electron chi connectivity index (χ4n) is 2.32. The van der Waals surface area contributed by atoms with E-state index in [1.165, 1.54) is 22.7 Å². The number of carbonyl (C=O) groups is 1. The number of aromatic nitrogens is 1. The van der Waals surface area contributed by atoms with Crippen molar-refractivity contribution in [2.75, 3.05) is 26.2 Å². The molecule has 0 aliphatic carbocycles. The molecule has 0 saturated carbocycles. The lowest BCUT2D eigenvalue weighted by Crippen LogP contribution is -2.34. The number of aryl methyl sites for hydroxylation is 1. The van der Waals surface area contributed by atoms with Gasteiger partial charge in [-0.3, -0.25) is 4.79 Å². The van der Waals surface area contributed by atoms with Gasteiger partial charge in [-0.1, -0.05) is 11.6 Å². The molecule has 3 heterocycles. The number of hydrogen-bond donors (Lipinski definition) is 1. The van der Waals surface area contributed by atoms with Crippen molar-refractivity contribution in [2.45, 2.75) is 13.3 Å². The summed E-state index contributed by atoms with van der Waals surface area (Å²) in [6.07, 6.45) is 0.997. The lowest BCUT2D eigenvalue weighted by atomic mass is 10.3. The molecule has 0 spiro atoms. The first-order chi connectivity index (χ1) is 10.1. The SMILES string of the molecule is Cc1nc(-c2ccc(Cl)s2)sc1C(=O)N1CCCNCC1. The number of halogens is 1. The molecule has 2 aromatic rings. The molecule has 1 fully saturated rings. The summed E-state index contributed by atoms with van der Waals surface area (Å²) in [6, 6.07) is 3.82. The van der Waals surface area contributed by atoms with E-state index < -0.39 is 0 Å². The molecule has 3 rings (SSSR count). The van der Waals surface area contributed by atoms with E-state index in [9.17, 15) is 4.79 Å². The van der Waals surface area contributed by atoms with E-state index >= 15 is 0 Å². The Labute approximate surface area is 136 Å². The van der Waals surface area contributed by atoms with Gasteiger partial charge in [0.05, 0.1) is 14.9 Å². The average molecular weight is 342 g/mol. The van der Waals surface area contributed by atoms with E-state index in [2.05, 4.69) is 10.3 Å². The monoisotopic (exact) mass is 341 g/mol. The van der Waals surface area contributed by atoms with Crippen LogP contribution in [0.3, 0.4) is 0 Å². The Morgan fingerprint density at radius 3 is 2.95 bits per heavy atom. The number of nitrogens with one attached hydrogen (secondary N) is 1. The zero-order valence-electron chi connectivity index (χ0n) is 11.7. The topological polar surface area (TPSA) is 45.2 Å². The Morgan fingerprint density at radius 2 is 2.19 bits per heavy atom. The van der Waals surface area contributed by atoms with Gasteiger partial charge in [-0.05, 0) is 32.0 Å². The Hall–Kier alpha value is -0.950. The number of thiazole rings is 1. The van der Waals surface area contributed by atoms with Crippen molar-refractivity contribution in [1.82, 2.24) is 15.2 Å². The maximum atomic E-state index is 12.7. The van der Waals surface area contributed by atoms with Crippen LogP contribution >= 0.6 is 34.3 Å². The van der Waals surface area contributed by atoms with E-state index in [1.807, 2.05) is 24.0 Å². The highest BCUT2D eigenvalue weighted by Crippen LogP contribution is 2.35. The molecule has 0 bridgehead atoms. The average Bonchev–Trinajstić information content (AvgIpc) is 2.95. The zero-order chi connectivity index (χ0) is 14.8. The van der Waals surface area contributed by atoms with Gasteiger partial charge in [0, 0.05) is 19.6 Å². The third kappa shape index (κ3) is 3.29. The molecule has 1 aliphatic rings. The number of rotatable bonds is 2. The molecule has 112 valence electrons. The number of nitrogens with zero attached hydrogens (tertiary/aromatic N) is 2. The van der Waals surface area contributed by atoms with Crippen molar-refractivity contribution in [1.29, 1.82) is 0 Å². The number of thiophene rings is 1. The van der Waals surface area contributed by atoms with Gasteiger partial charge in [0.15, 0.2) is 0 Å². The van der Waals surface area contributed by atoms with Gasteiger partial charge in [-0.25, -0.2) is 4.98 Å². The standard InChI is InChI=1S/C14H16ClN3OS2/c1-9-12(14(19)18-7-2-5-16-6-8-18)21-13(17-9)10-3-4-11(15)20-10/h3-4,16H,2,5-8H2,1H3. The maximum Gasteiger partial charge on any atom is 0.265 e. The maximum absolute atomic E-state index is 12.7. The van der Waals surface area contributed by atoms with Crippen LogP contribution in [-0.2, 0) is 0 Å². The van der Waals surface area contributed by atoms with Gasteiger partial charge < -0.3 is 10.2 Å². The van der Waals surface area contributed by atoms with E-state index in [1.54, 1.807) is 0 Å². The second kappa shape index (κ2) is 6.44. The van der Waals surface area contributed by atoms with Crippen molar-refractivity contribution in [3.8, 4) is 9.88 Å². The smallest absolute Gasteiger partial charge is 0.265 e. The highest BCUT2D eigenvalue weighted by molar-refractivity contribution is 7.24. The van der Waals surface area contributed by atoms with Crippen molar-refractivity contribution in [2.24, 2.45) is 0 Å². The lowest BCUT2D eigenvalue weighted by molar-refractivity contribution is 0.0770. The van der Waals surface area contributed by atoms with E-state index in [0.29, 0.717) is 0 Å². The summed E-state index contributed by atoms with van der Waals surface area (Å²) in [4.78, 5) is 20.9. The third-order valence-electron chi connectivity index (χ3n) is 3.40. The minimum absolute atomic E-state index is 0.0996. The summed E-state index contributed by atoms with van der Waals surface area (Å²) in [7, 11) is 0. The van der Waals surface area contributed by atoms with Gasteiger partial charge in [0.2, 0.25) is 0 Å². The minimum atomic E-state index is 0.0996. The molecule has 1 saturated heterocycles. The molecule has 1 N–H and O–H groups in total. The number of carbonyl (C=O) groups excluding carboxylic acids is 1. The molecule has 2 aromatic heterocycles. The van der Waals surface area contributed by atoms with Crippen molar-refractivity contribution in [3.05, 3.63) is 27.0 Å². The first-order valence-electron chi connectivity index (χ1n) is 6.88. The molecule has 0 radical (unpaired) electrons. The molecule has 0 aromatic carbocycles. The molecule has 21 heavy (non-hydrogen) atoms. The van der Waals surface area contributed by atoms with Gasteiger partial charge in [-0.2, -0.15) is 0 Å². The number of hydrogen-bond acceptors (Lipinski definition) is 5. The van der Waals surface area contributed by atoms with Crippen LogP contribution in [0, 0.1) is 6.92 Å². The van der Waals surface area contributed by atoms with Crippen LogP contribution in [0.4, 0.5) is 0 Å². The molecular formula is C14H16ClN3OS2. The second-order valence-corrected chi connectivity index (χ2v) is 7.65. The largest absolute Gasteiger partial charge is 0.337 e. The van der Waals surface area contributed by atoms with E-state index in [0.717, 1.165) is 57.4 Å². The molecule has 1 aliphatic heterocycles. The zero-order valence-corrected chi connectivity index (χ0v) is 14.1. The van der Waals surface area contributed by atoms with E-state index in [-0.39, 0.29) is 5.91 Å². The van der Waals surface area contributed by atoms with Gasteiger partial charge >= 0.3 is 0 Å². The van der Waals surface area contributed by atoms with Crippen molar-refractivity contribution >= 4 is 40.2 Å². The molecule has 7 heteroatoms. The first kappa shape index (κ1) is 15.0. The van der Waals surface area contributed by atoms with Gasteiger partial charge in [0.25, 0.3) is 5.91 Å². The summed E-state index contributed by atoms with van der Waals surface area (Å²) in [6.45, 7) is 5.31. The summed E-state index contributed by atoms with van der Waals surface area (Å²) >= 11 is 8.93. The minimum Gasteiger partial charge on any atom is -0.337 e. The highest BCUT2D eigenvalue weighted by atomic mass is 35.5. The lowest BCUT2D eigenvalue weighted by Gasteiger charge is -2.19. The van der Waals surface area contributed by atoms with E-state index in [4.69, 9.17) is 11.6 Å². The molecule has 0 atom stereocenters. The van der Waals surface area contributed by atoms with Crippen LogP contribution < -0.4 is 5.32 Å². The Kier molecular flexibility index (Phi) is 4.59. The van der Waals surface area contributed by atoms with Crippen molar-refractivity contribution < 1.29 is 4.79 Å². The fourth-order valence-corrected chi connectivity index (χ4v) is 4.45. The van der Waals surface area contributed by atoms with Crippen LogP contribution in [0.1, 0.15) is 21.8 Å². The van der Waals surface area contributed by atoms with Gasteiger partial charge in [-0.15, -0.1) is 22.7 Å². The summed E-state index contributed by atoms with van der Waals surface area (Å²) in [5.41, 5.74) is 0.807. The predicted molar refractivity (Wildman–Crippen MR) is 88.6 cm³/mol. The predicted octanol–water partition coefficient (Wildman–Crippen LogP) is 3.27. The first-order valence-corrected chi connectivity index (χ1v) is 8.89. The molecule has 1 amide bonds. The van der Waals surface area contributed by atoms with Crippen LogP contribution in [0.5, 0.6) is 0 Å². The highest BCUT2D eigenvalue weighted by Gasteiger charge is 2.22. The van der Waals surface area contributed by atoms with Gasteiger partial charge in [0.1, 0.15) is 9.88 Å². The Morgan fingerprint density at radius 1 is 1.33 bits per heavy atom. The number of amides is 1. The normalized spacial score (nSPS) is 16.0. The molecular weight excluding hydrogens is 326 g/mol. The third-order valence-corrected chi connectivity index (χ3v) is 5.95. The van der Waals surface area contributed by atoms with Crippen LogP contribution in [-0.4, -0.2) is 42.0 Å². The van der Waals surface area contributed by atoms with Crippen LogP contribution in [0.25, 0.3) is 9.88 Å².